The van der Waals surface area contributed by atoms with Crippen molar-refractivity contribution in [2.24, 2.45) is 0 Å². The lowest BCUT2D eigenvalue weighted by Gasteiger charge is -2.43. The Kier molecular flexibility index (Phi) is 6.59. The molecule has 180 valence electrons. The number of hydrogen-bond donors (Lipinski definition) is 0. The van der Waals surface area contributed by atoms with E-state index in [1.165, 1.54) is 48.3 Å². The van der Waals surface area contributed by atoms with E-state index in [1.807, 2.05) is 12.2 Å². The van der Waals surface area contributed by atoms with Crippen LogP contribution in [0.5, 0.6) is 0 Å². The van der Waals surface area contributed by atoms with Crippen molar-refractivity contribution < 1.29 is 4.43 Å². The molecule has 5 aromatic rings. The molecule has 6 rings (SSSR count). The van der Waals surface area contributed by atoms with Gasteiger partial charge in [0.05, 0.1) is 14.2 Å². The minimum atomic E-state index is -1.28. The molecule has 5 aromatic carbocycles. The first-order chi connectivity index (χ1) is 18.1. The first kappa shape index (κ1) is 24.3. The second-order valence-corrected chi connectivity index (χ2v) is 20.1. The van der Waals surface area contributed by atoms with E-state index in [4.69, 9.17) is 4.43 Å². The molecular weight excluding hydrogens is 497 g/mol. The molecule has 0 bridgehead atoms. The van der Waals surface area contributed by atoms with Crippen LogP contribution in [0.15, 0.2) is 117 Å². The maximum atomic E-state index is 7.28. The zero-order valence-corrected chi connectivity index (χ0v) is 24.1. The Labute approximate surface area is 224 Å². The molecule has 1 aliphatic rings. The predicted molar refractivity (Wildman–Crippen MR) is 167 cm³/mol. The van der Waals surface area contributed by atoms with Gasteiger partial charge in [0, 0.05) is 8.31 Å². The molecule has 1 nitrogen and oxygen atoms in total. The molecule has 0 N–H and O–H groups in total. The minimum absolute atomic E-state index is 0.184. The predicted octanol–water partition coefficient (Wildman–Crippen LogP) is 7.80. The van der Waals surface area contributed by atoms with Gasteiger partial charge in [-0.1, -0.05) is 78.9 Å². The highest BCUT2D eigenvalue weighted by Crippen LogP contribution is 2.36. The van der Waals surface area contributed by atoms with E-state index in [1.54, 1.807) is 0 Å². The van der Waals surface area contributed by atoms with Gasteiger partial charge in [0.1, 0.15) is 0 Å². The molecule has 0 amide bonds. The van der Waals surface area contributed by atoms with E-state index in [-0.39, 0.29) is 5.60 Å². The first-order valence-corrected chi connectivity index (χ1v) is 19.2. The molecule has 1 aliphatic heterocycles. The Balaban J connectivity index is 1.63. The van der Waals surface area contributed by atoms with Crippen LogP contribution in [0.1, 0.15) is 12.8 Å². The van der Waals surface area contributed by atoms with Crippen molar-refractivity contribution in [2.75, 3.05) is 0 Å². The van der Waals surface area contributed by atoms with Gasteiger partial charge in [-0.15, -0.1) is 19.7 Å². The average Bonchev–Trinajstić information content (AvgIpc) is 2.91. The maximum Gasteiger partial charge on any atom is 0.222 e. The normalized spacial score (nSPS) is 16.4. The van der Waals surface area contributed by atoms with E-state index in [0.717, 1.165) is 33.5 Å². The molecule has 0 saturated carbocycles. The summed E-state index contributed by atoms with van der Waals surface area (Å²) in [6, 6.07) is 31.6. The van der Waals surface area contributed by atoms with Gasteiger partial charge in [-0.25, -0.2) is 0 Å². The van der Waals surface area contributed by atoms with Gasteiger partial charge in [0.15, 0.2) is 0 Å². The third-order valence-corrected chi connectivity index (χ3v) is 20.8. The summed E-state index contributed by atoms with van der Waals surface area (Å²) in [6.45, 7) is 12.3. The fraction of sp³-hybridized carbons (Fsp3) is 0.152. The van der Waals surface area contributed by atoms with E-state index in [2.05, 4.69) is 105 Å². The Bertz CT molecular complexity index is 1660. The number of fused-ring (bicyclic) bond motifs is 5. The lowest BCUT2D eigenvalue weighted by molar-refractivity contribution is 0.0985. The van der Waals surface area contributed by atoms with E-state index in [0.29, 0.717) is 0 Å². The largest absolute Gasteiger partial charge is 0.410 e. The molecule has 0 aliphatic carbocycles. The number of hydrogen-bond acceptors (Lipinski definition) is 1. The third kappa shape index (κ3) is 4.38. The lowest BCUT2D eigenvalue weighted by atomic mass is 9.96. The summed E-state index contributed by atoms with van der Waals surface area (Å²) in [6.07, 6.45) is 7.98. The Morgan fingerprint density at radius 2 is 1.35 bits per heavy atom. The number of rotatable bonds is 7. The van der Waals surface area contributed by atoms with Gasteiger partial charge in [-0.2, -0.15) is 0 Å². The summed E-state index contributed by atoms with van der Waals surface area (Å²) in [5.74, 6) is 0. The zero-order valence-electron chi connectivity index (χ0n) is 21.1. The zero-order chi connectivity index (χ0) is 25.4. The van der Waals surface area contributed by atoms with Gasteiger partial charge in [-0.05, 0) is 91.4 Å². The van der Waals surface area contributed by atoms with Gasteiger partial charge >= 0.3 is 0 Å². The van der Waals surface area contributed by atoms with Gasteiger partial charge in [0.2, 0.25) is 8.56 Å². The Morgan fingerprint density at radius 3 is 2.08 bits per heavy atom. The van der Waals surface area contributed by atoms with Crippen LogP contribution in [-0.2, 0) is 4.43 Å². The Hall–Kier alpha value is -3.03. The molecule has 1 heterocycles. The molecule has 37 heavy (non-hydrogen) atoms. The molecule has 0 spiro atoms. The first-order valence-electron chi connectivity index (χ1n) is 12.9. The van der Waals surface area contributed by atoms with Crippen LogP contribution in [0.4, 0.5) is 0 Å². The van der Waals surface area contributed by atoms with Gasteiger partial charge < -0.3 is 4.43 Å². The van der Waals surface area contributed by atoms with Crippen LogP contribution in [0.3, 0.4) is 0 Å². The van der Waals surface area contributed by atoms with Crippen LogP contribution < -0.4 is 5.19 Å². The van der Waals surface area contributed by atoms with Crippen LogP contribution in [-0.4, -0.2) is 31.0 Å². The number of benzene rings is 5. The van der Waals surface area contributed by atoms with E-state index >= 15 is 0 Å². The highest BCUT2D eigenvalue weighted by atomic mass is 29.6. The van der Waals surface area contributed by atoms with Crippen LogP contribution >= 0.6 is 0 Å². The lowest BCUT2D eigenvalue weighted by Crippen LogP contribution is -2.59. The minimum Gasteiger partial charge on any atom is -0.410 e. The SMILES string of the molecule is C=CC[Si]1CC(CC=C)(CC=C)O[Si](c2c3ccccc3cc3c2ccc2cc4ccccc4cc23)[Si]1. The topological polar surface area (TPSA) is 9.23 Å². The standard InChI is InChI=1S/C33H30OSi3/c1-4-17-33(18-5-2)23-36(19-6-3)35-37(34-33)32-28-14-10-9-13-26(28)22-31-29(32)16-15-27-20-24-11-7-8-12-25(24)21-30(27)31/h4-16,20-22H,1-3,17-19,23H2. The second-order valence-electron chi connectivity index (χ2n) is 10.1. The molecule has 1 fully saturated rings. The maximum absolute atomic E-state index is 7.28. The summed E-state index contributed by atoms with van der Waals surface area (Å²) < 4.78 is 7.28. The highest BCUT2D eigenvalue weighted by molar-refractivity contribution is 7.44. The monoisotopic (exact) mass is 526 g/mol. The van der Waals surface area contributed by atoms with Crippen molar-refractivity contribution in [1.29, 1.82) is 0 Å². The van der Waals surface area contributed by atoms with Crippen LogP contribution in [0.2, 0.25) is 12.1 Å². The van der Waals surface area contributed by atoms with Crippen molar-refractivity contribution in [3.8, 4) is 0 Å². The molecule has 0 aromatic heterocycles. The molecule has 0 atom stereocenters. The third-order valence-electron chi connectivity index (χ3n) is 7.52. The fourth-order valence-corrected chi connectivity index (χ4v) is 21.2. The number of allylic oxidation sites excluding steroid dienone is 1. The van der Waals surface area contributed by atoms with Crippen molar-refractivity contribution >= 4 is 73.7 Å². The van der Waals surface area contributed by atoms with Crippen molar-refractivity contribution in [3.63, 3.8) is 0 Å². The van der Waals surface area contributed by atoms with Crippen molar-refractivity contribution in [1.82, 2.24) is 0 Å². The van der Waals surface area contributed by atoms with Gasteiger partial charge in [-0.3, -0.25) is 0 Å². The average molecular weight is 527 g/mol. The molecule has 4 heteroatoms. The molecule has 4 radical (unpaired) electrons. The van der Waals surface area contributed by atoms with Crippen LogP contribution in [0, 0.1) is 0 Å². The van der Waals surface area contributed by atoms with Crippen molar-refractivity contribution in [3.05, 3.63) is 117 Å². The molecule has 1 saturated heterocycles. The van der Waals surface area contributed by atoms with Crippen molar-refractivity contribution in [2.45, 2.75) is 30.5 Å². The quantitative estimate of drug-likeness (QED) is 0.0910. The summed E-state index contributed by atoms with van der Waals surface area (Å²) in [5.41, 5.74) is -0.184. The molecule has 0 unspecified atom stereocenters. The molecular formula is C33H30OSi3. The summed E-state index contributed by atoms with van der Waals surface area (Å²) in [4.78, 5) is 0. The fourth-order valence-electron chi connectivity index (χ4n) is 5.93. The summed E-state index contributed by atoms with van der Waals surface area (Å²) >= 11 is 0. The highest BCUT2D eigenvalue weighted by Gasteiger charge is 2.43. The second kappa shape index (κ2) is 10.0. The summed E-state index contributed by atoms with van der Waals surface area (Å²) in [5, 5.41) is 12.0. The van der Waals surface area contributed by atoms with E-state index in [9.17, 15) is 0 Å². The van der Waals surface area contributed by atoms with E-state index < -0.39 is 16.9 Å². The smallest absolute Gasteiger partial charge is 0.222 e. The summed E-state index contributed by atoms with van der Waals surface area (Å²) in [7, 11) is -1.02. The Morgan fingerprint density at radius 1 is 0.703 bits per heavy atom. The van der Waals surface area contributed by atoms with Gasteiger partial charge in [0.25, 0.3) is 0 Å². The van der Waals surface area contributed by atoms with Crippen LogP contribution in [0.25, 0.3) is 43.1 Å².